The van der Waals surface area contributed by atoms with Crippen molar-refractivity contribution in [2.24, 2.45) is 0 Å². The summed E-state index contributed by atoms with van der Waals surface area (Å²) in [4.78, 5) is 0. The Bertz CT molecular complexity index is 3470. The van der Waals surface area contributed by atoms with Gasteiger partial charge in [-0.3, -0.25) is 0 Å². The van der Waals surface area contributed by atoms with E-state index in [1.807, 2.05) is 103 Å². The number of thioether (sulfide) groups is 8. The molecule has 2 aliphatic heterocycles. The van der Waals surface area contributed by atoms with Crippen LogP contribution < -0.4 is 0 Å². The SMILES string of the molecule is CSC1=C(SC)SC(=C(C(=C2SC(SC)=C(SC)S2)c2ccc(-c3cn(Cc4c5ccccc5cc5ccccc45)nn3)cc2)c2ccc(-c3cn(Cc4c5ccccc5cc5ccccc45)nn3)cc2)S1. The van der Waals surface area contributed by atoms with E-state index in [9.17, 15) is 0 Å². The van der Waals surface area contributed by atoms with Gasteiger partial charge >= 0.3 is 0 Å². The summed E-state index contributed by atoms with van der Waals surface area (Å²) in [6.45, 7) is 1.24. The van der Waals surface area contributed by atoms with Gasteiger partial charge in [0.2, 0.25) is 0 Å². The number of aromatic nitrogens is 6. The second kappa shape index (κ2) is 21.0. The Labute approximate surface area is 452 Å². The first-order valence-electron chi connectivity index (χ1n) is 23.1. The average molecular weight is 1080 g/mol. The lowest BCUT2D eigenvalue weighted by Gasteiger charge is -2.19. The minimum absolute atomic E-state index is 0.621. The third-order valence-corrected chi connectivity index (χ3v) is 23.3. The number of hydrogen-bond donors (Lipinski definition) is 0. The molecule has 2 aliphatic rings. The Morgan fingerprint density at radius 3 is 1.01 bits per heavy atom. The normalized spacial score (nSPS) is 14.1. The summed E-state index contributed by atoms with van der Waals surface area (Å²) in [7, 11) is 0. The van der Waals surface area contributed by atoms with Gasteiger partial charge in [-0.15, -0.1) is 57.2 Å². The van der Waals surface area contributed by atoms with Gasteiger partial charge in [-0.2, -0.15) is 0 Å². The fourth-order valence-electron chi connectivity index (χ4n) is 9.49. The van der Waals surface area contributed by atoms with Crippen molar-refractivity contribution in [2.75, 3.05) is 25.0 Å². The summed E-state index contributed by atoms with van der Waals surface area (Å²) in [6.07, 6.45) is 12.9. The summed E-state index contributed by atoms with van der Waals surface area (Å²) in [6, 6.07) is 57.0. The summed E-state index contributed by atoms with van der Waals surface area (Å²) in [5.41, 5.74) is 11.0. The fourth-order valence-corrected chi connectivity index (χ4v) is 19.8. The molecule has 2 aromatic heterocycles. The van der Waals surface area contributed by atoms with Crippen LogP contribution in [0.1, 0.15) is 22.3 Å². The van der Waals surface area contributed by atoms with Crippen LogP contribution in [0.15, 0.2) is 196 Å². The molecule has 0 saturated heterocycles. The molecule has 0 spiro atoms. The lowest BCUT2D eigenvalue weighted by Crippen LogP contribution is -2.02. The van der Waals surface area contributed by atoms with Gasteiger partial charge in [0, 0.05) is 22.3 Å². The molecule has 4 heterocycles. The van der Waals surface area contributed by atoms with Crippen molar-refractivity contribution in [1.82, 2.24) is 30.0 Å². The van der Waals surface area contributed by atoms with Crippen molar-refractivity contribution in [1.29, 1.82) is 0 Å². The highest BCUT2D eigenvalue weighted by Crippen LogP contribution is 2.64. The first-order chi connectivity index (χ1) is 35.5. The van der Waals surface area contributed by atoms with Gasteiger partial charge in [0.05, 0.1) is 50.9 Å². The molecule has 8 aromatic carbocycles. The van der Waals surface area contributed by atoms with E-state index in [4.69, 9.17) is 10.2 Å². The lowest BCUT2D eigenvalue weighted by atomic mass is 9.93. The first kappa shape index (κ1) is 47.8. The second-order valence-electron chi connectivity index (χ2n) is 17.1. The molecule has 0 amide bonds. The van der Waals surface area contributed by atoms with Gasteiger partial charge in [-0.1, -0.05) is 203 Å². The molecular formula is C58H44N6S8. The number of fused-ring (bicyclic) bond motifs is 4. The fraction of sp³-hybridized carbons (Fsp3) is 0.103. The van der Waals surface area contributed by atoms with E-state index < -0.39 is 0 Å². The largest absolute Gasteiger partial charge is 0.247 e. The van der Waals surface area contributed by atoms with Crippen LogP contribution in [0.2, 0.25) is 0 Å². The molecule has 354 valence electrons. The van der Waals surface area contributed by atoms with E-state index in [2.05, 4.69) is 206 Å². The first-order valence-corrected chi connectivity index (χ1v) is 31.3. The van der Waals surface area contributed by atoms with Crippen molar-refractivity contribution in [3.63, 3.8) is 0 Å². The Hall–Kier alpha value is -5.16. The van der Waals surface area contributed by atoms with Crippen molar-refractivity contribution in [3.05, 3.63) is 218 Å². The molecule has 12 rings (SSSR count). The zero-order valence-corrected chi connectivity index (χ0v) is 46.1. The quantitative estimate of drug-likeness (QED) is 0.103. The zero-order valence-electron chi connectivity index (χ0n) is 39.5. The molecule has 0 radical (unpaired) electrons. The molecule has 0 N–H and O–H groups in total. The number of hydrogen-bond acceptors (Lipinski definition) is 12. The molecule has 0 aliphatic carbocycles. The third-order valence-electron chi connectivity index (χ3n) is 12.9. The maximum absolute atomic E-state index is 4.74. The molecule has 10 aromatic rings. The molecule has 0 unspecified atom stereocenters. The van der Waals surface area contributed by atoms with Gasteiger partial charge < -0.3 is 0 Å². The van der Waals surface area contributed by atoms with E-state index in [1.165, 1.54) is 90.8 Å². The molecule has 0 bridgehead atoms. The van der Waals surface area contributed by atoms with Gasteiger partial charge in [0.1, 0.15) is 11.4 Å². The van der Waals surface area contributed by atoms with Gasteiger partial charge in [0.15, 0.2) is 0 Å². The van der Waals surface area contributed by atoms with E-state index in [0.717, 1.165) is 33.6 Å². The standard InChI is InChI=1S/C58H44N6S8/c1-65-55-56(66-2)70-53(69-55)51(37-25-21-35(22-26-37)49-33-63(61-59-49)31-47-43-17-9-5-13-39(43)29-40-14-6-10-18-44(40)47)52(54-71-57(67-3)58(68-4)72-54)38-27-23-36(24-28-38)50-34-64(62-60-50)32-48-45-19-11-7-15-41(45)30-42-16-8-12-20-46(42)48/h5-30,33-34H,31-32H2,1-4H3. The monoisotopic (exact) mass is 1080 g/mol. The second-order valence-corrected chi connectivity index (χ2v) is 26.0. The molecule has 0 fully saturated rings. The Morgan fingerprint density at radius 2 is 0.708 bits per heavy atom. The molecule has 6 nitrogen and oxygen atoms in total. The van der Waals surface area contributed by atoms with Crippen LogP contribution in [0.3, 0.4) is 0 Å². The van der Waals surface area contributed by atoms with Gasteiger partial charge in [-0.25, -0.2) is 9.36 Å². The number of benzene rings is 8. The van der Waals surface area contributed by atoms with Crippen LogP contribution in [0, 0.1) is 0 Å². The molecular weight excluding hydrogens is 1040 g/mol. The average Bonchev–Trinajstić information content (AvgIpc) is 4.27. The Balaban J connectivity index is 0.900. The molecule has 72 heavy (non-hydrogen) atoms. The van der Waals surface area contributed by atoms with Gasteiger partial charge in [0.25, 0.3) is 0 Å². The maximum atomic E-state index is 4.74. The predicted molar refractivity (Wildman–Crippen MR) is 324 cm³/mol. The number of rotatable bonds is 13. The smallest absolute Gasteiger partial charge is 0.113 e. The van der Waals surface area contributed by atoms with Crippen molar-refractivity contribution in [2.45, 2.75) is 13.1 Å². The van der Waals surface area contributed by atoms with Crippen LogP contribution in [-0.4, -0.2) is 55.0 Å². The van der Waals surface area contributed by atoms with E-state index in [1.54, 1.807) is 0 Å². The number of allylic oxidation sites excluding steroid dienone is 2. The zero-order chi connectivity index (χ0) is 48.7. The minimum Gasteiger partial charge on any atom is -0.247 e. The van der Waals surface area contributed by atoms with E-state index in [-0.39, 0.29) is 0 Å². The van der Waals surface area contributed by atoms with Gasteiger partial charge in [-0.05, 0) is 102 Å². The highest BCUT2D eigenvalue weighted by molar-refractivity contribution is 8.41. The maximum Gasteiger partial charge on any atom is 0.113 e. The minimum atomic E-state index is 0.621. The van der Waals surface area contributed by atoms with Crippen molar-refractivity contribution < 1.29 is 0 Å². The van der Waals surface area contributed by atoms with Crippen LogP contribution in [0.5, 0.6) is 0 Å². The van der Waals surface area contributed by atoms with E-state index >= 15 is 0 Å². The third kappa shape index (κ3) is 9.27. The lowest BCUT2D eigenvalue weighted by molar-refractivity contribution is 0.655. The summed E-state index contributed by atoms with van der Waals surface area (Å²) in [5, 5.41) is 28.7. The van der Waals surface area contributed by atoms with Crippen molar-refractivity contribution in [3.8, 4) is 22.5 Å². The summed E-state index contributed by atoms with van der Waals surface area (Å²) in [5.74, 6) is 0. The van der Waals surface area contributed by atoms with Crippen LogP contribution in [0.25, 0.3) is 76.8 Å². The highest BCUT2D eigenvalue weighted by atomic mass is 32.3. The Kier molecular flexibility index (Phi) is 13.9. The highest BCUT2D eigenvalue weighted by Gasteiger charge is 2.31. The predicted octanol–water partition coefficient (Wildman–Crippen LogP) is 17.6. The van der Waals surface area contributed by atoms with Crippen LogP contribution in [0.4, 0.5) is 0 Å². The summed E-state index contributed by atoms with van der Waals surface area (Å²) < 4.78 is 11.9. The number of nitrogens with zero attached hydrogens (tertiary/aromatic N) is 6. The topological polar surface area (TPSA) is 61.4 Å². The van der Waals surface area contributed by atoms with E-state index in [0.29, 0.717) is 13.1 Å². The molecule has 0 atom stereocenters. The summed E-state index contributed by atoms with van der Waals surface area (Å²) >= 11 is 14.9. The molecule has 0 saturated carbocycles. The van der Waals surface area contributed by atoms with Crippen molar-refractivity contribution >= 4 is 148 Å². The Morgan fingerprint density at radius 1 is 0.403 bits per heavy atom. The van der Waals surface area contributed by atoms with Crippen LogP contribution >= 0.6 is 94.1 Å². The van der Waals surface area contributed by atoms with Crippen LogP contribution in [-0.2, 0) is 13.1 Å². The molecule has 14 heteroatoms.